The number of ether oxygens (including phenoxy) is 1. The lowest BCUT2D eigenvalue weighted by Crippen LogP contribution is -2.25. The summed E-state index contributed by atoms with van der Waals surface area (Å²) < 4.78 is 58.6. The highest BCUT2D eigenvalue weighted by atomic mass is 35.5. The van der Waals surface area contributed by atoms with Gasteiger partial charge in [-0.2, -0.15) is 8.78 Å². The number of alkyl halides is 2. The molecule has 1 saturated heterocycles. The van der Waals surface area contributed by atoms with Gasteiger partial charge < -0.3 is 19.9 Å². The molecule has 12 heteroatoms. The lowest BCUT2D eigenvalue weighted by Gasteiger charge is -2.20. The molecule has 204 valence electrons. The fourth-order valence-corrected chi connectivity index (χ4v) is 6.44. The van der Waals surface area contributed by atoms with E-state index in [2.05, 4.69) is 20.5 Å². The smallest absolute Gasteiger partial charge is 0.387 e. The van der Waals surface area contributed by atoms with Crippen LogP contribution in [0, 0.1) is 19.8 Å². The maximum Gasteiger partial charge on any atom is 0.387 e. The van der Waals surface area contributed by atoms with Gasteiger partial charge in [0, 0.05) is 17.5 Å². The number of aryl methyl sites for hydroxylation is 2. The van der Waals surface area contributed by atoms with Gasteiger partial charge in [0.1, 0.15) is 11.5 Å². The Morgan fingerprint density at radius 1 is 1.21 bits per heavy atom. The number of nitrogens with zero attached hydrogens (tertiary/aromatic N) is 1. The van der Waals surface area contributed by atoms with Crippen molar-refractivity contribution in [3.8, 4) is 16.9 Å². The molecular weight excluding hydrogens is 540 g/mol. The normalized spacial score (nSPS) is 17.4. The summed E-state index contributed by atoms with van der Waals surface area (Å²) >= 11 is 6.06. The first kappa shape index (κ1) is 27.8. The average Bonchev–Trinajstić information content (AvgIpc) is 3.36. The topological polar surface area (TPSA) is 111 Å². The zero-order valence-electron chi connectivity index (χ0n) is 21.1. The van der Waals surface area contributed by atoms with Crippen molar-refractivity contribution in [2.75, 3.05) is 22.1 Å². The van der Waals surface area contributed by atoms with Crippen molar-refractivity contribution in [3.05, 3.63) is 58.4 Å². The van der Waals surface area contributed by atoms with E-state index in [0.29, 0.717) is 41.2 Å². The van der Waals surface area contributed by atoms with E-state index in [4.69, 9.17) is 16.1 Å². The Morgan fingerprint density at radius 2 is 1.97 bits per heavy atom. The lowest BCUT2D eigenvalue weighted by molar-refractivity contribution is -0.119. The Morgan fingerprint density at radius 3 is 2.58 bits per heavy atom. The van der Waals surface area contributed by atoms with Crippen LogP contribution in [0.3, 0.4) is 0 Å². The fraction of sp³-hybridized carbons (Fsp3) is 0.385. The summed E-state index contributed by atoms with van der Waals surface area (Å²) in [6, 6.07) is 9.62. The number of carbonyl (C=O) groups excluding carboxylic acids is 1. The number of anilines is 2. The van der Waals surface area contributed by atoms with Crippen LogP contribution in [0.4, 0.5) is 20.2 Å². The van der Waals surface area contributed by atoms with Gasteiger partial charge in [0.25, 0.3) is 0 Å². The van der Waals surface area contributed by atoms with Gasteiger partial charge in [-0.05, 0) is 62.1 Å². The van der Waals surface area contributed by atoms with Crippen molar-refractivity contribution in [1.82, 2.24) is 5.16 Å². The molecule has 3 aromatic rings. The summed E-state index contributed by atoms with van der Waals surface area (Å²) in [6.45, 7) is 2.37. The Bertz CT molecular complexity index is 1430. The minimum absolute atomic E-state index is 0.0223. The highest BCUT2D eigenvalue weighted by Gasteiger charge is 2.28. The van der Waals surface area contributed by atoms with Crippen LogP contribution in [-0.2, 0) is 21.1 Å². The van der Waals surface area contributed by atoms with Crippen molar-refractivity contribution in [1.29, 1.82) is 0 Å². The third-order valence-electron chi connectivity index (χ3n) is 6.39. The number of halogens is 3. The van der Waals surface area contributed by atoms with Crippen molar-refractivity contribution in [2.24, 2.45) is 5.92 Å². The molecule has 2 unspecified atom stereocenters. The van der Waals surface area contributed by atoms with Gasteiger partial charge in [0.15, 0.2) is 9.84 Å². The molecule has 0 saturated carbocycles. The molecule has 2 aromatic carbocycles. The molecule has 2 atom stereocenters. The molecule has 2 N–H and O–H groups in total. The quantitative estimate of drug-likeness (QED) is 0.345. The van der Waals surface area contributed by atoms with Crippen LogP contribution >= 0.6 is 11.6 Å². The molecule has 1 aliphatic heterocycles. The standard InChI is InChI=1S/C26H28ClF2N3O5S/c1-14(10-17-4-7-23(20(27)11-17)36-26(28)29)25(33)31-22-12-18(24-15(2)32-37-16(24)3)5-6-21(22)30-19-8-9-38(34,35)13-19/h4-7,11-12,14,19,26,30H,8-10,13H2,1-3H3,(H,31,33). The maximum absolute atomic E-state index is 13.2. The number of sulfone groups is 1. The van der Waals surface area contributed by atoms with Crippen molar-refractivity contribution >= 4 is 38.7 Å². The average molecular weight is 568 g/mol. The molecule has 38 heavy (non-hydrogen) atoms. The van der Waals surface area contributed by atoms with Crippen molar-refractivity contribution in [2.45, 2.75) is 46.3 Å². The summed E-state index contributed by atoms with van der Waals surface area (Å²) in [4.78, 5) is 13.2. The van der Waals surface area contributed by atoms with E-state index in [1.54, 1.807) is 32.0 Å². The number of benzene rings is 2. The van der Waals surface area contributed by atoms with Crippen LogP contribution in [0.2, 0.25) is 5.02 Å². The fourth-order valence-electron chi connectivity index (χ4n) is 4.52. The zero-order chi connectivity index (χ0) is 27.6. The molecule has 0 spiro atoms. The number of carbonyl (C=O) groups is 1. The Hall–Kier alpha value is -3.18. The molecule has 1 aromatic heterocycles. The first-order chi connectivity index (χ1) is 17.9. The van der Waals surface area contributed by atoms with Gasteiger partial charge in [-0.25, -0.2) is 8.42 Å². The van der Waals surface area contributed by atoms with Gasteiger partial charge in [-0.1, -0.05) is 35.8 Å². The van der Waals surface area contributed by atoms with E-state index in [0.717, 1.165) is 11.1 Å². The third kappa shape index (κ3) is 6.63. The summed E-state index contributed by atoms with van der Waals surface area (Å²) in [5.41, 5.74) is 4.06. The zero-order valence-corrected chi connectivity index (χ0v) is 22.6. The van der Waals surface area contributed by atoms with Gasteiger partial charge in [0.05, 0.1) is 33.6 Å². The van der Waals surface area contributed by atoms with Crippen LogP contribution in [-0.4, -0.2) is 43.6 Å². The Labute approximate surface area is 224 Å². The number of aromatic nitrogens is 1. The Balaban J connectivity index is 1.56. The Kier molecular flexibility index (Phi) is 8.27. The monoisotopic (exact) mass is 567 g/mol. The van der Waals surface area contributed by atoms with Gasteiger partial charge in [-0.3, -0.25) is 4.79 Å². The molecule has 0 aliphatic carbocycles. The summed E-state index contributed by atoms with van der Waals surface area (Å²) in [7, 11) is -3.10. The third-order valence-corrected chi connectivity index (χ3v) is 8.46. The predicted octanol–water partition coefficient (Wildman–Crippen LogP) is 5.63. The second-order valence-corrected chi connectivity index (χ2v) is 12.1. The van der Waals surface area contributed by atoms with E-state index in [9.17, 15) is 22.0 Å². The molecule has 0 bridgehead atoms. The second-order valence-electron chi connectivity index (χ2n) is 9.44. The number of hydrogen-bond donors (Lipinski definition) is 2. The van der Waals surface area contributed by atoms with E-state index in [1.165, 1.54) is 12.1 Å². The second kappa shape index (κ2) is 11.3. The number of nitrogens with one attached hydrogen (secondary N) is 2. The summed E-state index contributed by atoms with van der Waals surface area (Å²) in [5, 5.41) is 10.3. The van der Waals surface area contributed by atoms with Crippen molar-refractivity contribution in [3.63, 3.8) is 0 Å². The largest absolute Gasteiger partial charge is 0.433 e. The predicted molar refractivity (Wildman–Crippen MR) is 142 cm³/mol. The molecule has 1 aliphatic rings. The molecule has 0 radical (unpaired) electrons. The van der Waals surface area contributed by atoms with Gasteiger partial charge >= 0.3 is 6.61 Å². The van der Waals surface area contributed by atoms with E-state index < -0.39 is 22.4 Å². The molecule has 1 fully saturated rings. The van der Waals surface area contributed by atoms with E-state index in [1.807, 2.05) is 13.0 Å². The van der Waals surface area contributed by atoms with Crippen LogP contribution in [0.5, 0.6) is 5.75 Å². The summed E-state index contributed by atoms with van der Waals surface area (Å²) in [6.07, 6.45) is 0.775. The van der Waals surface area contributed by atoms with Gasteiger partial charge in [0.2, 0.25) is 5.91 Å². The highest BCUT2D eigenvalue weighted by molar-refractivity contribution is 7.91. The molecule has 1 amide bonds. The number of rotatable bonds is 9. The van der Waals surface area contributed by atoms with Crippen LogP contribution < -0.4 is 15.4 Å². The lowest BCUT2D eigenvalue weighted by atomic mass is 9.99. The van der Waals surface area contributed by atoms with Crippen LogP contribution in [0.1, 0.15) is 30.4 Å². The van der Waals surface area contributed by atoms with Crippen molar-refractivity contribution < 1.29 is 31.3 Å². The molecule has 8 nitrogen and oxygen atoms in total. The molecule has 4 rings (SSSR count). The number of hydrogen-bond acceptors (Lipinski definition) is 7. The van der Waals surface area contributed by atoms with E-state index >= 15 is 0 Å². The maximum atomic E-state index is 13.2. The van der Waals surface area contributed by atoms with Crippen LogP contribution in [0.25, 0.3) is 11.1 Å². The first-order valence-electron chi connectivity index (χ1n) is 12.0. The van der Waals surface area contributed by atoms with Gasteiger partial charge in [-0.15, -0.1) is 0 Å². The highest BCUT2D eigenvalue weighted by Crippen LogP contribution is 2.34. The van der Waals surface area contributed by atoms with Crippen LogP contribution in [0.15, 0.2) is 40.9 Å². The summed E-state index contributed by atoms with van der Waals surface area (Å²) in [5.74, 6) is -0.156. The first-order valence-corrected chi connectivity index (χ1v) is 14.2. The minimum atomic E-state index is -3.10. The molecule has 2 heterocycles. The minimum Gasteiger partial charge on any atom is -0.433 e. The SMILES string of the molecule is Cc1noc(C)c1-c1ccc(NC2CCS(=O)(=O)C2)c(NC(=O)C(C)Cc2ccc(OC(F)F)c(Cl)c2)c1. The molecular formula is C26H28ClF2N3O5S. The van der Waals surface area contributed by atoms with E-state index in [-0.39, 0.29) is 34.2 Å². The number of amides is 1.